The number of nitrogens with two attached hydrogens (primary N) is 1. The van der Waals surface area contributed by atoms with Gasteiger partial charge in [-0.15, -0.1) is 0 Å². The molecule has 0 saturated carbocycles. The highest BCUT2D eigenvalue weighted by molar-refractivity contribution is 5.92. The van der Waals surface area contributed by atoms with Gasteiger partial charge in [0.1, 0.15) is 5.82 Å². The van der Waals surface area contributed by atoms with Crippen molar-refractivity contribution in [3.63, 3.8) is 0 Å². The van der Waals surface area contributed by atoms with E-state index in [0.29, 0.717) is 12.6 Å². The van der Waals surface area contributed by atoms with Crippen LogP contribution in [0.5, 0.6) is 0 Å². The van der Waals surface area contributed by atoms with Crippen LogP contribution < -0.4 is 10.6 Å². The molecule has 0 atom stereocenters. The zero-order valence-corrected chi connectivity index (χ0v) is 11.1. The minimum absolute atomic E-state index is 0.426. The minimum Gasteiger partial charge on any atom is -0.354 e. The van der Waals surface area contributed by atoms with Gasteiger partial charge in [-0.2, -0.15) is 0 Å². The molecule has 1 aromatic carbocycles. The molecule has 18 heavy (non-hydrogen) atoms. The van der Waals surface area contributed by atoms with Gasteiger partial charge in [0.25, 0.3) is 0 Å². The van der Waals surface area contributed by atoms with Crippen LogP contribution in [0, 0.1) is 0 Å². The second kappa shape index (κ2) is 5.83. The summed E-state index contributed by atoms with van der Waals surface area (Å²) in [6.45, 7) is 6.06. The van der Waals surface area contributed by atoms with Crippen molar-refractivity contribution in [2.24, 2.45) is 5.73 Å². The largest absolute Gasteiger partial charge is 0.354 e. The number of hydrogen-bond acceptors (Lipinski definition) is 3. The highest BCUT2D eigenvalue weighted by atomic mass is 15.2. The van der Waals surface area contributed by atoms with Gasteiger partial charge in [0.05, 0.1) is 0 Å². The molecule has 0 aliphatic rings. The van der Waals surface area contributed by atoms with Crippen LogP contribution in [0.1, 0.15) is 20.3 Å². The Labute approximate surface area is 109 Å². The molecular formula is C15H21N3. The third-order valence-corrected chi connectivity index (χ3v) is 3.15. The molecule has 0 aliphatic heterocycles. The van der Waals surface area contributed by atoms with Crippen LogP contribution in [0.15, 0.2) is 36.5 Å². The number of hydrogen-bond donors (Lipinski definition) is 1. The molecule has 0 amide bonds. The fourth-order valence-corrected chi connectivity index (χ4v) is 2.20. The Morgan fingerprint density at radius 1 is 1.22 bits per heavy atom. The summed E-state index contributed by atoms with van der Waals surface area (Å²) in [6, 6.07) is 10.9. The number of pyridine rings is 1. The predicted molar refractivity (Wildman–Crippen MR) is 77.9 cm³/mol. The molecule has 3 nitrogen and oxygen atoms in total. The van der Waals surface area contributed by atoms with Crippen molar-refractivity contribution >= 4 is 16.6 Å². The summed E-state index contributed by atoms with van der Waals surface area (Å²) in [5.41, 5.74) is 5.62. The highest BCUT2D eigenvalue weighted by Gasteiger charge is 2.13. The first-order valence-electron chi connectivity index (χ1n) is 6.54. The second-order valence-electron chi connectivity index (χ2n) is 4.79. The summed E-state index contributed by atoms with van der Waals surface area (Å²) in [7, 11) is 0. The van der Waals surface area contributed by atoms with Crippen molar-refractivity contribution in [3.8, 4) is 0 Å². The fourth-order valence-electron chi connectivity index (χ4n) is 2.20. The van der Waals surface area contributed by atoms with Crippen LogP contribution in [0.2, 0.25) is 0 Å². The first-order valence-corrected chi connectivity index (χ1v) is 6.54. The van der Waals surface area contributed by atoms with Crippen molar-refractivity contribution in [1.82, 2.24) is 4.98 Å². The third kappa shape index (κ3) is 2.62. The van der Waals surface area contributed by atoms with Gasteiger partial charge in [-0.3, -0.25) is 0 Å². The van der Waals surface area contributed by atoms with Crippen molar-refractivity contribution in [1.29, 1.82) is 0 Å². The lowest BCUT2D eigenvalue weighted by Gasteiger charge is -2.28. The van der Waals surface area contributed by atoms with Crippen LogP contribution in [-0.2, 0) is 0 Å². The van der Waals surface area contributed by atoms with Crippen LogP contribution in [0.3, 0.4) is 0 Å². The summed E-state index contributed by atoms with van der Waals surface area (Å²) in [5.74, 6) is 1.07. The fraction of sp³-hybridized carbons (Fsp3) is 0.400. The van der Waals surface area contributed by atoms with E-state index in [0.717, 1.165) is 18.8 Å². The Balaban J connectivity index is 2.43. The number of anilines is 1. The van der Waals surface area contributed by atoms with Gasteiger partial charge in [0.15, 0.2) is 0 Å². The normalized spacial score (nSPS) is 11.1. The van der Waals surface area contributed by atoms with E-state index in [4.69, 9.17) is 5.73 Å². The third-order valence-electron chi connectivity index (χ3n) is 3.15. The molecule has 0 radical (unpaired) electrons. The summed E-state index contributed by atoms with van der Waals surface area (Å²) in [5, 5.41) is 2.45. The number of aromatic nitrogens is 1. The zero-order chi connectivity index (χ0) is 13.0. The van der Waals surface area contributed by atoms with Gasteiger partial charge in [0.2, 0.25) is 0 Å². The van der Waals surface area contributed by atoms with E-state index in [1.165, 1.54) is 10.8 Å². The number of fused-ring (bicyclic) bond motifs is 1. The molecule has 1 aromatic heterocycles. The maximum atomic E-state index is 5.62. The lowest BCUT2D eigenvalue weighted by atomic mass is 10.1. The maximum Gasteiger partial charge on any atom is 0.136 e. The molecule has 1 heterocycles. The molecule has 0 spiro atoms. The SMILES string of the molecule is CC(C)N(CCCN)c1nccc2ccccc12. The molecule has 0 bridgehead atoms. The maximum absolute atomic E-state index is 5.62. The Morgan fingerprint density at radius 2 is 2.00 bits per heavy atom. The Bertz CT molecular complexity index is 503. The lowest BCUT2D eigenvalue weighted by Crippen LogP contribution is -2.33. The molecule has 2 aromatic rings. The lowest BCUT2D eigenvalue weighted by molar-refractivity contribution is 0.651. The summed E-state index contributed by atoms with van der Waals surface area (Å²) >= 11 is 0. The predicted octanol–water partition coefficient (Wildman–Crippen LogP) is 2.80. The molecule has 0 unspecified atom stereocenters. The average molecular weight is 243 g/mol. The Morgan fingerprint density at radius 3 is 2.72 bits per heavy atom. The first kappa shape index (κ1) is 12.8. The van der Waals surface area contributed by atoms with Crippen LogP contribution in [-0.4, -0.2) is 24.1 Å². The Hall–Kier alpha value is -1.61. The molecule has 0 saturated heterocycles. The van der Waals surface area contributed by atoms with Gasteiger partial charge in [-0.05, 0) is 38.3 Å². The van der Waals surface area contributed by atoms with E-state index in [1.54, 1.807) is 0 Å². The van der Waals surface area contributed by atoms with Crippen LogP contribution in [0.25, 0.3) is 10.8 Å². The standard InChI is InChI=1S/C15H21N3/c1-12(2)18(11-5-9-16)15-14-7-4-3-6-13(14)8-10-17-15/h3-4,6-8,10,12H,5,9,11,16H2,1-2H3. The Kier molecular flexibility index (Phi) is 4.15. The van der Waals surface area contributed by atoms with Gasteiger partial charge in [-0.1, -0.05) is 24.3 Å². The monoisotopic (exact) mass is 243 g/mol. The average Bonchev–Trinajstić information content (AvgIpc) is 2.39. The van der Waals surface area contributed by atoms with E-state index in [2.05, 4.69) is 54.1 Å². The van der Waals surface area contributed by atoms with Gasteiger partial charge in [-0.25, -0.2) is 4.98 Å². The summed E-state index contributed by atoms with van der Waals surface area (Å²) < 4.78 is 0. The van der Waals surface area contributed by atoms with E-state index in [9.17, 15) is 0 Å². The molecule has 3 heteroatoms. The van der Waals surface area contributed by atoms with E-state index >= 15 is 0 Å². The highest BCUT2D eigenvalue weighted by Crippen LogP contribution is 2.25. The van der Waals surface area contributed by atoms with Crippen LogP contribution >= 0.6 is 0 Å². The van der Waals surface area contributed by atoms with Crippen molar-refractivity contribution in [2.45, 2.75) is 26.3 Å². The molecule has 0 aliphatic carbocycles. The molecular weight excluding hydrogens is 222 g/mol. The zero-order valence-electron chi connectivity index (χ0n) is 11.1. The number of benzene rings is 1. The van der Waals surface area contributed by atoms with E-state index in [1.807, 2.05) is 6.20 Å². The molecule has 0 fully saturated rings. The quantitative estimate of drug-likeness (QED) is 0.878. The van der Waals surface area contributed by atoms with E-state index < -0.39 is 0 Å². The van der Waals surface area contributed by atoms with Crippen molar-refractivity contribution in [2.75, 3.05) is 18.0 Å². The summed E-state index contributed by atoms with van der Waals surface area (Å²) in [6.07, 6.45) is 2.87. The van der Waals surface area contributed by atoms with Gasteiger partial charge >= 0.3 is 0 Å². The van der Waals surface area contributed by atoms with Crippen molar-refractivity contribution < 1.29 is 0 Å². The number of nitrogens with zero attached hydrogens (tertiary/aromatic N) is 2. The van der Waals surface area contributed by atoms with Crippen molar-refractivity contribution in [3.05, 3.63) is 36.5 Å². The minimum atomic E-state index is 0.426. The smallest absolute Gasteiger partial charge is 0.136 e. The molecule has 96 valence electrons. The van der Waals surface area contributed by atoms with Gasteiger partial charge < -0.3 is 10.6 Å². The first-order chi connectivity index (χ1) is 8.74. The second-order valence-corrected chi connectivity index (χ2v) is 4.79. The van der Waals surface area contributed by atoms with Crippen LogP contribution in [0.4, 0.5) is 5.82 Å². The number of rotatable bonds is 5. The molecule has 2 N–H and O–H groups in total. The summed E-state index contributed by atoms with van der Waals surface area (Å²) in [4.78, 5) is 6.90. The molecule has 2 rings (SSSR count). The van der Waals surface area contributed by atoms with Gasteiger partial charge in [0, 0.05) is 24.2 Å². The topological polar surface area (TPSA) is 42.1 Å². The van der Waals surface area contributed by atoms with E-state index in [-0.39, 0.29) is 0 Å².